The summed E-state index contributed by atoms with van der Waals surface area (Å²) in [5.41, 5.74) is 0.771. The zero-order chi connectivity index (χ0) is 23.2. The van der Waals surface area contributed by atoms with E-state index >= 15 is 0 Å². The van der Waals surface area contributed by atoms with Gasteiger partial charge >= 0.3 is 10.5 Å². The molecule has 2 aromatic carbocycles. The van der Waals surface area contributed by atoms with Gasteiger partial charge in [0.15, 0.2) is 23.0 Å². The summed E-state index contributed by atoms with van der Waals surface area (Å²) >= 11 is 0. The summed E-state index contributed by atoms with van der Waals surface area (Å²) in [7, 11) is 1.00. The van der Waals surface area contributed by atoms with Crippen LogP contribution in [0.5, 0.6) is 28.7 Å². The first-order valence-electron chi connectivity index (χ1n) is 9.03. The van der Waals surface area contributed by atoms with Crippen LogP contribution >= 0.6 is 0 Å². The van der Waals surface area contributed by atoms with Crippen LogP contribution in [0, 0.1) is 5.92 Å². The Kier molecular flexibility index (Phi) is 7.92. The molecule has 0 radical (unpaired) electrons. The molecular formula is C20H24FNO8S. The second kappa shape index (κ2) is 10.2. The molecule has 2 aromatic rings. The first-order valence-corrected chi connectivity index (χ1v) is 10.3. The number of nitrogens with zero attached hydrogens (tertiary/aromatic N) is 1. The lowest BCUT2D eigenvalue weighted by molar-refractivity contribution is -0.126. The Morgan fingerprint density at radius 1 is 0.903 bits per heavy atom. The smallest absolute Gasteiger partial charge is 0.488 e. The SMILES string of the molecule is COc1cc(N2CC(C)C2=O)cc(OC)c1OC.COc1ccccc1OS(=O)(=O)F. The van der Waals surface area contributed by atoms with Crippen molar-refractivity contribution >= 4 is 22.1 Å². The highest BCUT2D eigenvalue weighted by Crippen LogP contribution is 2.42. The molecule has 31 heavy (non-hydrogen) atoms. The molecule has 1 aliphatic heterocycles. The molecule has 1 aliphatic rings. The van der Waals surface area contributed by atoms with Crippen molar-refractivity contribution in [2.24, 2.45) is 5.92 Å². The van der Waals surface area contributed by atoms with Crippen molar-refractivity contribution < 1.29 is 40.2 Å². The van der Waals surface area contributed by atoms with Gasteiger partial charge in [-0.05, 0) is 12.1 Å². The van der Waals surface area contributed by atoms with Crippen LogP contribution < -0.4 is 28.0 Å². The van der Waals surface area contributed by atoms with Gasteiger partial charge in [-0.1, -0.05) is 22.9 Å². The first-order chi connectivity index (χ1) is 14.6. The fraction of sp³-hybridized carbons (Fsp3) is 0.350. The molecule has 0 spiro atoms. The molecule has 0 saturated carbocycles. The van der Waals surface area contributed by atoms with Crippen LogP contribution in [0.15, 0.2) is 36.4 Å². The van der Waals surface area contributed by atoms with Gasteiger partial charge in [0.1, 0.15) is 0 Å². The van der Waals surface area contributed by atoms with Crippen LogP contribution in [-0.2, 0) is 15.3 Å². The number of anilines is 1. The molecule has 0 N–H and O–H groups in total. The average molecular weight is 457 g/mol. The number of ether oxygens (including phenoxy) is 4. The van der Waals surface area contributed by atoms with Crippen molar-refractivity contribution in [2.75, 3.05) is 39.9 Å². The molecule has 0 bridgehead atoms. The molecule has 0 aromatic heterocycles. The van der Waals surface area contributed by atoms with Gasteiger partial charge in [0.25, 0.3) is 0 Å². The Morgan fingerprint density at radius 3 is 1.81 bits per heavy atom. The summed E-state index contributed by atoms with van der Waals surface area (Å²) in [5, 5.41) is 0. The van der Waals surface area contributed by atoms with Crippen molar-refractivity contribution in [3.05, 3.63) is 36.4 Å². The van der Waals surface area contributed by atoms with Crippen molar-refractivity contribution in [3.63, 3.8) is 0 Å². The predicted molar refractivity (Wildman–Crippen MR) is 111 cm³/mol. The van der Waals surface area contributed by atoms with E-state index < -0.39 is 10.5 Å². The number of carbonyl (C=O) groups is 1. The normalized spacial score (nSPS) is 15.2. The quantitative estimate of drug-likeness (QED) is 0.462. The number of para-hydroxylation sites is 2. The van der Waals surface area contributed by atoms with Crippen LogP contribution in [0.2, 0.25) is 0 Å². The predicted octanol–water partition coefficient (Wildman–Crippen LogP) is 2.98. The molecule has 1 atom stereocenters. The molecule has 9 nitrogen and oxygen atoms in total. The van der Waals surface area contributed by atoms with Crippen molar-refractivity contribution in [1.29, 1.82) is 0 Å². The zero-order valence-corrected chi connectivity index (χ0v) is 18.6. The zero-order valence-electron chi connectivity index (χ0n) is 17.7. The van der Waals surface area contributed by atoms with E-state index in [9.17, 15) is 17.1 Å². The minimum absolute atomic E-state index is 0.0871. The molecule has 1 saturated heterocycles. The second-order valence-corrected chi connectivity index (χ2v) is 7.31. The van der Waals surface area contributed by atoms with Crippen LogP contribution in [0.25, 0.3) is 0 Å². The Balaban J connectivity index is 0.000000233. The number of benzene rings is 2. The monoisotopic (exact) mass is 457 g/mol. The summed E-state index contributed by atoms with van der Waals surface area (Å²) < 4.78 is 56.8. The fourth-order valence-electron chi connectivity index (χ4n) is 2.85. The van der Waals surface area contributed by atoms with E-state index in [0.717, 1.165) is 12.2 Å². The van der Waals surface area contributed by atoms with Gasteiger partial charge in [-0.15, -0.1) is 0 Å². The van der Waals surface area contributed by atoms with Gasteiger partial charge in [-0.25, -0.2) is 0 Å². The number of hydrogen-bond acceptors (Lipinski definition) is 8. The Bertz CT molecular complexity index is 1000. The van der Waals surface area contributed by atoms with Crippen LogP contribution in [0.3, 0.4) is 0 Å². The first kappa shape index (κ1) is 24.1. The summed E-state index contributed by atoms with van der Waals surface area (Å²) in [6, 6.07) is 9.42. The number of amides is 1. The second-order valence-electron chi connectivity index (χ2n) is 6.36. The molecule has 1 amide bonds. The number of hydrogen-bond donors (Lipinski definition) is 0. The van der Waals surface area contributed by atoms with Gasteiger partial charge in [-0.3, -0.25) is 4.79 Å². The van der Waals surface area contributed by atoms with E-state index in [2.05, 4.69) is 4.18 Å². The maximum atomic E-state index is 12.1. The number of β-lactam (4-membered cyclic amide) rings is 1. The summed E-state index contributed by atoms with van der Waals surface area (Å²) in [6.45, 7) is 2.63. The lowest BCUT2D eigenvalue weighted by Crippen LogP contribution is -2.51. The molecule has 1 fully saturated rings. The minimum atomic E-state index is -4.99. The van der Waals surface area contributed by atoms with E-state index in [0.29, 0.717) is 17.2 Å². The van der Waals surface area contributed by atoms with E-state index in [-0.39, 0.29) is 23.3 Å². The van der Waals surface area contributed by atoms with Crippen molar-refractivity contribution in [2.45, 2.75) is 6.92 Å². The van der Waals surface area contributed by atoms with E-state index in [1.807, 2.05) is 6.92 Å². The van der Waals surface area contributed by atoms with Crippen molar-refractivity contribution in [1.82, 2.24) is 0 Å². The molecular weight excluding hydrogens is 433 g/mol. The molecule has 0 aliphatic carbocycles. The highest BCUT2D eigenvalue weighted by Gasteiger charge is 2.34. The topological polar surface area (TPSA) is 101 Å². The van der Waals surface area contributed by atoms with E-state index in [1.54, 1.807) is 44.4 Å². The third-order valence-corrected chi connectivity index (χ3v) is 4.74. The molecule has 11 heteroatoms. The molecule has 170 valence electrons. The van der Waals surface area contributed by atoms with Gasteiger partial charge in [-0.2, -0.15) is 8.42 Å². The van der Waals surface area contributed by atoms with Gasteiger partial charge in [0, 0.05) is 18.7 Å². The highest BCUT2D eigenvalue weighted by molar-refractivity contribution is 7.81. The van der Waals surface area contributed by atoms with Crippen LogP contribution in [-0.4, -0.2) is 49.3 Å². The fourth-order valence-corrected chi connectivity index (χ4v) is 3.20. The average Bonchev–Trinajstić information content (AvgIpc) is 2.75. The minimum Gasteiger partial charge on any atom is -0.493 e. The van der Waals surface area contributed by atoms with E-state index in [4.69, 9.17) is 18.9 Å². The number of rotatable bonds is 7. The Hall–Kier alpha value is -3.21. The molecule has 3 rings (SSSR count). The summed E-state index contributed by atoms with van der Waals surface area (Å²) in [6.07, 6.45) is 0. The van der Waals surface area contributed by atoms with Gasteiger partial charge < -0.3 is 28.0 Å². The number of halogens is 1. The third kappa shape index (κ3) is 5.91. The van der Waals surface area contributed by atoms with Gasteiger partial charge in [0.05, 0.1) is 40.0 Å². The summed E-state index contributed by atoms with van der Waals surface area (Å²) in [4.78, 5) is 13.4. The lowest BCUT2D eigenvalue weighted by Gasteiger charge is -2.36. The number of methoxy groups -OCH3 is 4. The van der Waals surface area contributed by atoms with Gasteiger partial charge in [0.2, 0.25) is 11.7 Å². The van der Waals surface area contributed by atoms with E-state index in [1.165, 1.54) is 25.3 Å². The molecule has 1 unspecified atom stereocenters. The Labute approximate surface area is 180 Å². The summed E-state index contributed by atoms with van der Waals surface area (Å²) in [5.74, 6) is 1.83. The standard InChI is InChI=1S/C13H17NO4.C7H7FO4S/c1-8-7-14(13(8)15)9-5-10(16-2)12(18-4)11(6-9)17-3;1-11-6-4-2-3-5-7(6)12-13(8,9)10/h5-6,8H,7H2,1-4H3;2-5H,1H3. The lowest BCUT2D eigenvalue weighted by atomic mass is 10.00. The third-order valence-electron chi connectivity index (χ3n) is 4.36. The maximum absolute atomic E-state index is 12.1. The maximum Gasteiger partial charge on any atom is 0.488 e. The van der Waals surface area contributed by atoms with Crippen LogP contribution in [0.4, 0.5) is 9.57 Å². The van der Waals surface area contributed by atoms with Crippen molar-refractivity contribution in [3.8, 4) is 28.7 Å². The highest BCUT2D eigenvalue weighted by atomic mass is 32.3. The molecule has 1 heterocycles. The Morgan fingerprint density at radius 2 is 1.42 bits per heavy atom. The van der Waals surface area contributed by atoms with Crippen LogP contribution in [0.1, 0.15) is 6.92 Å². The largest absolute Gasteiger partial charge is 0.493 e. The number of carbonyl (C=O) groups excluding carboxylic acids is 1.